The quantitative estimate of drug-likeness (QED) is 0.847. The Hall–Kier alpha value is -1.79. The van der Waals surface area contributed by atoms with Gasteiger partial charge in [0.15, 0.2) is 0 Å². The lowest BCUT2D eigenvalue weighted by molar-refractivity contribution is 0.595. The van der Waals surface area contributed by atoms with E-state index in [9.17, 15) is 12.8 Å². The minimum atomic E-state index is -3.99. The normalized spacial score (nSPS) is 11.4. The summed E-state index contributed by atoms with van der Waals surface area (Å²) in [6.45, 7) is 3.46. The topological polar surface area (TPSA) is 72.2 Å². The molecule has 0 fully saturated rings. The number of sulfonamides is 1. The van der Waals surface area contributed by atoms with Gasteiger partial charge in [0, 0.05) is 5.69 Å². The van der Waals surface area contributed by atoms with Gasteiger partial charge in [-0.15, -0.1) is 0 Å². The molecule has 2 aromatic rings. The monoisotopic (exact) mass is 328 g/mol. The summed E-state index contributed by atoms with van der Waals surface area (Å²) in [5.41, 5.74) is 7.98. The van der Waals surface area contributed by atoms with Crippen LogP contribution >= 0.6 is 11.6 Å². The number of benzene rings is 2. The van der Waals surface area contributed by atoms with Crippen molar-refractivity contribution in [3.8, 4) is 0 Å². The summed E-state index contributed by atoms with van der Waals surface area (Å²) in [7, 11) is -3.99. The molecule has 3 N–H and O–H groups in total. The molecule has 7 heteroatoms. The summed E-state index contributed by atoms with van der Waals surface area (Å²) in [6.07, 6.45) is 0. The molecule has 0 spiro atoms. The van der Waals surface area contributed by atoms with Gasteiger partial charge in [-0.2, -0.15) is 0 Å². The Morgan fingerprint density at radius 3 is 2.29 bits per heavy atom. The molecule has 0 amide bonds. The molecule has 0 heterocycles. The van der Waals surface area contributed by atoms with Gasteiger partial charge in [-0.1, -0.05) is 11.6 Å². The third-order valence-corrected chi connectivity index (χ3v) is 4.81. The average Bonchev–Trinajstić information content (AvgIpc) is 2.36. The number of nitrogens with two attached hydrogens (primary N) is 1. The van der Waals surface area contributed by atoms with Crippen molar-refractivity contribution in [1.29, 1.82) is 0 Å². The van der Waals surface area contributed by atoms with Crippen LogP contribution in [0.2, 0.25) is 5.02 Å². The highest BCUT2D eigenvalue weighted by Crippen LogP contribution is 2.29. The highest BCUT2D eigenvalue weighted by molar-refractivity contribution is 7.92. The van der Waals surface area contributed by atoms with Crippen molar-refractivity contribution in [3.05, 3.63) is 52.3 Å². The molecule has 0 aliphatic heterocycles. The number of rotatable bonds is 3. The zero-order valence-electron chi connectivity index (χ0n) is 11.4. The standard InChI is InChI=1S/C14H14ClFN2O2S/c1-8-5-11(17)6-9(2)14(8)18-21(19,20)13-7-10(16)3-4-12(13)15/h3-7,18H,17H2,1-2H3. The maximum Gasteiger partial charge on any atom is 0.263 e. The molecule has 4 nitrogen and oxygen atoms in total. The van der Waals surface area contributed by atoms with Crippen LogP contribution in [0, 0.1) is 19.7 Å². The molecule has 0 aliphatic carbocycles. The van der Waals surface area contributed by atoms with E-state index < -0.39 is 15.8 Å². The molecule has 0 saturated carbocycles. The van der Waals surface area contributed by atoms with Gasteiger partial charge >= 0.3 is 0 Å². The van der Waals surface area contributed by atoms with Crippen molar-refractivity contribution in [2.75, 3.05) is 10.5 Å². The summed E-state index contributed by atoms with van der Waals surface area (Å²) >= 11 is 5.85. The highest BCUT2D eigenvalue weighted by atomic mass is 35.5. The van der Waals surface area contributed by atoms with Crippen LogP contribution in [0.5, 0.6) is 0 Å². The summed E-state index contributed by atoms with van der Waals surface area (Å²) in [5.74, 6) is -0.675. The lowest BCUT2D eigenvalue weighted by Gasteiger charge is -2.15. The zero-order valence-corrected chi connectivity index (χ0v) is 13.0. The Kier molecular flexibility index (Phi) is 4.11. The van der Waals surface area contributed by atoms with Crippen molar-refractivity contribution in [1.82, 2.24) is 0 Å². The summed E-state index contributed by atoms with van der Waals surface area (Å²) in [6, 6.07) is 6.48. The van der Waals surface area contributed by atoms with E-state index >= 15 is 0 Å². The summed E-state index contributed by atoms with van der Waals surface area (Å²) in [5, 5.41) is -0.0466. The maximum absolute atomic E-state index is 13.3. The van der Waals surface area contributed by atoms with Crippen LogP contribution in [-0.2, 0) is 10.0 Å². The molecule has 0 saturated heterocycles. The van der Waals surface area contributed by atoms with E-state index in [1.54, 1.807) is 26.0 Å². The largest absolute Gasteiger partial charge is 0.399 e. The zero-order chi connectivity index (χ0) is 15.8. The molecule has 2 rings (SSSR count). The minimum Gasteiger partial charge on any atom is -0.399 e. The lowest BCUT2D eigenvalue weighted by atomic mass is 10.1. The second kappa shape index (κ2) is 5.54. The number of nitrogens with one attached hydrogen (secondary N) is 1. The molecule has 0 radical (unpaired) electrons. The van der Waals surface area contributed by atoms with Crippen molar-refractivity contribution >= 4 is 33.0 Å². The van der Waals surface area contributed by atoms with E-state index in [-0.39, 0.29) is 9.92 Å². The van der Waals surface area contributed by atoms with Crippen molar-refractivity contribution in [2.45, 2.75) is 18.7 Å². The van der Waals surface area contributed by atoms with Crippen LogP contribution in [0.3, 0.4) is 0 Å². The molecule has 112 valence electrons. The molecule has 2 aromatic carbocycles. The van der Waals surface area contributed by atoms with Crippen LogP contribution in [0.1, 0.15) is 11.1 Å². The first kappa shape index (κ1) is 15.6. The molecule has 0 bridgehead atoms. The van der Waals surface area contributed by atoms with Crippen LogP contribution in [0.4, 0.5) is 15.8 Å². The van der Waals surface area contributed by atoms with Crippen molar-refractivity contribution in [2.24, 2.45) is 0 Å². The average molecular weight is 329 g/mol. The van der Waals surface area contributed by atoms with E-state index in [0.29, 0.717) is 22.5 Å². The number of hydrogen-bond donors (Lipinski definition) is 2. The minimum absolute atomic E-state index is 0.0466. The molecular weight excluding hydrogens is 315 g/mol. The first-order valence-electron chi connectivity index (χ1n) is 6.05. The third kappa shape index (κ3) is 3.28. The molecule has 21 heavy (non-hydrogen) atoms. The van der Waals surface area contributed by atoms with Crippen LogP contribution in [0.15, 0.2) is 35.2 Å². The number of halogens is 2. The smallest absolute Gasteiger partial charge is 0.263 e. The van der Waals surface area contributed by atoms with Gasteiger partial charge < -0.3 is 5.73 Å². The van der Waals surface area contributed by atoms with Crippen LogP contribution in [0.25, 0.3) is 0 Å². The Balaban J connectivity index is 2.50. The number of anilines is 2. The van der Waals surface area contributed by atoms with Gasteiger partial charge in [0.05, 0.1) is 10.7 Å². The van der Waals surface area contributed by atoms with Gasteiger partial charge in [-0.25, -0.2) is 12.8 Å². The predicted molar refractivity (Wildman–Crippen MR) is 82.5 cm³/mol. The molecular formula is C14H14ClFN2O2S. The van der Waals surface area contributed by atoms with Gasteiger partial charge in [-0.05, 0) is 55.3 Å². The van der Waals surface area contributed by atoms with E-state index in [4.69, 9.17) is 17.3 Å². The molecule has 0 atom stereocenters. The number of aryl methyl sites for hydroxylation is 2. The van der Waals surface area contributed by atoms with E-state index in [0.717, 1.165) is 12.1 Å². The van der Waals surface area contributed by atoms with Crippen LogP contribution < -0.4 is 10.5 Å². The molecule has 0 aliphatic rings. The summed E-state index contributed by atoms with van der Waals surface area (Å²) in [4.78, 5) is -0.306. The van der Waals surface area contributed by atoms with Gasteiger partial charge in [0.2, 0.25) is 0 Å². The van der Waals surface area contributed by atoms with Gasteiger partial charge in [0.25, 0.3) is 10.0 Å². The van der Waals surface area contributed by atoms with E-state index in [1.165, 1.54) is 6.07 Å². The second-order valence-electron chi connectivity index (χ2n) is 4.71. The Morgan fingerprint density at radius 1 is 1.14 bits per heavy atom. The number of hydrogen-bond acceptors (Lipinski definition) is 3. The molecule has 0 aromatic heterocycles. The van der Waals surface area contributed by atoms with Crippen LogP contribution in [-0.4, -0.2) is 8.42 Å². The Labute approximate surface area is 127 Å². The predicted octanol–water partition coefficient (Wildman–Crippen LogP) is 3.48. The molecule has 0 unspecified atom stereocenters. The lowest BCUT2D eigenvalue weighted by Crippen LogP contribution is -2.15. The summed E-state index contributed by atoms with van der Waals surface area (Å²) < 4.78 is 40.4. The highest BCUT2D eigenvalue weighted by Gasteiger charge is 2.20. The van der Waals surface area contributed by atoms with Crippen molar-refractivity contribution in [3.63, 3.8) is 0 Å². The fraction of sp³-hybridized carbons (Fsp3) is 0.143. The third-order valence-electron chi connectivity index (χ3n) is 2.97. The Morgan fingerprint density at radius 2 is 1.71 bits per heavy atom. The van der Waals surface area contributed by atoms with E-state index in [1.807, 2.05) is 0 Å². The van der Waals surface area contributed by atoms with Gasteiger partial charge in [-0.3, -0.25) is 4.72 Å². The van der Waals surface area contributed by atoms with E-state index in [2.05, 4.69) is 4.72 Å². The SMILES string of the molecule is Cc1cc(N)cc(C)c1NS(=O)(=O)c1cc(F)ccc1Cl. The first-order valence-corrected chi connectivity index (χ1v) is 7.91. The Bertz CT molecular complexity index is 784. The van der Waals surface area contributed by atoms with Gasteiger partial charge in [0.1, 0.15) is 10.7 Å². The maximum atomic E-state index is 13.3. The fourth-order valence-corrected chi connectivity index (χ4v) is 3.75. The first-order chi connectivity index (χ1) is 9.70. The number of nitrogen functional groups attached to an aromatic ring is 1. The second-order valence-corrected chi connectivity index (χ2v) is 6.77. The van der Waals surface area contributed by atoms with Crippen molar-refractivity contribution < 1.29 is 12.8 Å². The fourth-order valence-electron chi connectivity index (χ4n) is 2.03.